The lowest BCUT2D eigenvalue weighted by molar-refractivity contribution is -0.119. The third-order valence-corrected chi connectivity index (χ3v) is 10.1. The number of carbonyl (C=O) groups is 2. The highest BCUT2D eigenvalue weighted by molar-refractivity contribution is 5.96. The van der Waals surface area contributed by atoms with Gasteiger partial charge in [0.2, 0.25) is 11.7 Å². The Morgan fingerprint density at radius 3 is 2.34 bits per heavy atom. The molecular formula is C37H46FN9O3. The van der Waals surface area contributed by atoms with Gasteiger partial charge in [0, 0.05) is 22.9 Å². The minimum Gasteiger partial charge on any atom is -0.378 e. The van der Waals surface area contributed by atoms with Crippen molar-refractivity contribution in [2.75, 3.05) is 25.0 Å². The molecule has 1 aliphatic heterocycles. The van der Waals surface area contributed by atoms with Gasteiger partial charge in [-0.05, 0) is 147 Å². The molecule has 50 heavy (non-hydrogen) atoms. The molecular weight excluding hydrogens is 637 g/mol. The van der Waals surface area contributed by atoms with Crippen LogP contribution >= 0.6 is 0 Å². The van der Waals surface area contributed by atoms with Gasteiger partial charge in [-0.25, -0.2) is 4.39 Å². The lowest BCUT2D eigenvalue weighted by Gasteiger charge is -2.33. The smallest absolute Gasteiger partial charge is 0.251 e. The van der Waals surface area contributed by atoms with E-state index in [1.807, 2.05) is 24.3 Å². The summed E-state index contributed by atoms with van der Waals surface area (Å²) in [6.07, 6.45) is 4.67. The number of nitrogens with one attached hydrogen (secondary N) is 5. The van der Waals surface area contributed by atoms with E-state index < -0.39 is 18.1 Å². The van der Waals surface area contributed by atoms with E-state index in [-0.39, 0.29) is 29.3 Å². The number of aliphatic hydroxyl groups excluding tert-OH is 1. The number of amides is 2. The van der Waals surface area contributed by atoms with Crippen LogP contribution < -0.4 is 27.0 Å². The molecule has 2 unspecified atom stereocenters. The number of nitrogens with zero attached hydrogens (tertiary/aromatic N) is 3. The van der Waals surface area contributed by atoms with Crippen LogP contribution in [0, 0.1) is 24.6 Å². The minimum absolute atomic E-state index is 0.0156. The first kappa shape index (κ1) is 35.3. The molecule has 0 radical (unpaired) electrons. The van der Waals surface area contributed by atoms with Gasteiger partial charge < -0.3 is 26.8 Å². The van der Waals surface area contributed by atoms with Crippen LogP contribution in [0.15, 0.2) is 60.7 Å². The van der Waals surface area contributed by atoms with Crippen molar-refractivity contribution in [3.63, 3.8) is 0 Å². The highest BCUT2D eigenvalue weighted by atomic mass is 19.1. The van der Waals surface area contributed by atoms with Crippen molar-refractivity contribution < 1.29 is 19.1 Å². The summed E-state index contributed by atoms with van der Waals surface area (Å²) in [5, 5.41) is 37.8. The quantitative estimate of drug-likeness (QED) is 0.110. The average Bonchev–Trinajstić information content (AvgIpc) is 3.69. The molecule has 2 aliphatic rings. The van der Waals surface area contributed by atoms with Gasteiger partial charge in [0.15, 0.2) is 0 Å². The number of tetrazole rings is 1. The number of H-pyrrole nitrogens is 1. The number of halogens is 1. The number of hydrogen-bond acceptors (Lipinski definition) is 9. The van der Waals surface area contributed by atoms with Crippen LogP contribution in [-0.2, 0) is 11.2 Å². The molecule has 3 aromatic carbocycles. The fourth-order valence-corrected chi connectivity index (χ4v) is 6.93. The maximum absolute atomic E-state index is 15.1. The molecule has 2 amide bonds. The highest BCUT2D eigenvalue weighted by Crippen LogP contribution is 2.31. The Morgan fingerprint density at radius 1 is 0.980 bits per heavy atom. The number of nitrogens with two attached hydrogens (primary N) is 1. The first-order valence-corrected chi connectivity index (χ1v) is 17.5. The van der Waals surface area contributed by atoms with Gasteiger partial charge in [0.25, 0.3) is 5.91 Å². The monoisotopic (exact) mass is 683 g/mol. The van der Waals surface area contributed by atoms with E-state index >= 15 is 4.39 Å². The van der Waals surface area contributed by atoms with Crippen LogP contribution in [0.2, 0.25) is 0 Å². The molecule has 2 heterocycles. The summed E-state index contributed by atoms with van der Waals surface area (Å²) in [5.41, 5.74) is 10.2. The second kappa shape index (κ2) is 16.4. The van der Waals surface area contributed by atoms with E-state index in [0.717, 1.165) is 68.3 Å². The predicted octanol–water partition coefficient (Wildman–Crippen LogP) is 3.69. The second-order valence-electron chi connectivity index (χ2n) is 13.5. The Morgan fingerprint density at radius 2 is 1.68 bits per heavy atom. The van der Waals surface area contributed by atoms with E-state index in [1.54, 1.807) is 37.3 Å². The number of hydrogen-bond donors (Lipinski definition) is 7. The molecule has 1 saturated carbocycles. The fraction of sp³-hybridized carbons (Fsp3) is 0.432. The standard InChI is InChI=1S/C37H46FN9O3/c1-22-31(19-28(20-32(22)38)36(49)41-30-14-16-40-17-15-30)25-6-2-23(3-7-25)18-33(43-35(48)27-8-4-24(21-39)5-9-27)37(50)42-29-12-10-26(11-13-29)34-44-46-47-45-34/h2-3,6-7,10-13,19-20,24,27,30,33,35,40,43,48H,4-5,8-9,14-18,21,39H2,1H3,(H,41,49)(H,42,50)(H,44,45,46,47). The number of anilines is 1. The molecule has 8 N–H and O–H groups in total. The number of aromatic amines is 1. The van der Waals surface area contributed by atoms with E-state index in [1.165, 1.54) is 6.07 Å². The fourth-order valence-electron chi connectivity index (χ4n) is 6.93. The Bertz CT molecular complexity index is 1720. The lowest BCUT2D eigenvalue weighted by Crippen LogP contribution is -2.50. The van der Waals surface area contributed by atoms with E-state index in [0.29, 0.717) is 41.5 Å². The van der Waals surface area contributed by atoms with Gasteiger partial charge in [-0.2, -0.15) is 5.21 Å². The maximum atomic E-state index is 15.1. The molecule has 1 saturated heterocycles. The molecule has 2 fully saturated rings. The third kappa shape index (κ3) is 8.77. The predicted molar refractivity (Wildman–Crippen MR) is 189 cm³/mol. The largest absolute Gasteiger partial charge is 0.378 e. The Hall–Kier alpha value is -4.56. The zero-order chi connectivity index (χ0) is 35.0. The van der Waals surface area contributed by atoms with Crippen molar-refractivity contribution in [2.24, 2.45) is 17.6 Å². The van der Waals surface area contributed by atoms with E-state index in [9.17, 15) is 14.7 Å². The summed E-state index contributed by atoms with van der Waals surface area (Å²) in [5.74, 6) is -0.0872. The molecule has 1 aliphatic carbocycles. The number of carbonyl (C=O) groups excluding carboxylic acids is 2. The van der Waals surface area contributed by atoms with Gasteiger partial charge in [-0.1, -0.05) is 24.3 Å². The van der Waals surface area contributed by atoms with Crippen molar-refractivity contribution >= 4 is 17.5 Å². The second-order valence-corrected chi connectivity index (χ2v) is 13.5. The topological polar surface area (TPSA) is 183 Å². The SMILES string of the molecule is Cc1c(F)cc(C(=O)NC2CCNCC2)cc1-c1ccc(CC(NC(O)C2CCC(CN)CC2)C(=O)Nc2ccc(-c3nn[nH]n3)cc2)cc1. The molecule has 4 aromatic rings. The summed E-state index contributed by atoms with van der Waals surface area (Å²) in [6, 6.07) is 17.0. The zero-order valence-electron chi connectivity index (χ0n) is 28.3. The van der Waals surface area contributed by atoms with Crippen molar-refractivity contribution in [3.8, 4) is 22.5 Å². The first-order chi connectivity index (χ1) is 24.3. The number of aliphatic hydroxyl groups is 1. The molecule has 6 rings (SSSR count). The van der Waals surface area contributed by atoms with Crippen LogP contribution in [-0.4, -0.2) is 75.5 Å². The summed E-state index contributed by atoms with van der Waals surface area (Å²) < 4.78 is 15.1. The minimum atomic E-state index is -0.867. The van der Waals surface area contributed by atoms with E-state index in [4.69, 9.17) is 5.73 Å². The van der Waals surface area contributed by atoms with Crippen LogP contribution in [0.5, 0.6) is 0 Å². The van der Waals surface area contributed by atoms with Crippen LogP contribution in [0.3, 0.4) is 0 Å². The zero-order valence-corrected chi connectivity index (χ0v) is 28.3. The molecule has 2 atom stereocenters. The maximum Gasteiger partial charge on any atom is 0.251 e. The van der Waals surface area contributed by atoms with E-state index in [2.05, 4.69) is 41.9 Å². The summed E-state index contributed by atoms with van der Waals surface area (Å²) in [6.45, 7) is 4.03. The Balaban J connectivity index is 1.17. The first-order valence-electron chi connectivity index (χ1n) is 17.5. The average molecular weight is 684 g/mol. The number of benzene rings is 3. The van der Waals surface area contributed by atoms with Gasteiger partial charge in [0.05, 0.1) is 6.04 Å². The van der Waals surface area contributed by atoms with Crippen LogP contribution in [0.4, 0.5) is 10.1 Å². The Kier molecular flexibility index (Phi) is 11.6. The summed E-state index contributed by atoms with van der Waals surface area (Å²) in [7, 11) is 0. The molecule has 0 bridgehead atoms. The Labute approximate surface area is 291 Å². The van der Waals surface area contributed by atoms with Crippen molar-refractivity contribution in [3.05, 3.63) is 83.2 Å². The molecule has 12 nitrogen and oxygen atoms in total. The van der Waals surface area contributed by atoms with Crippen molar-refractivity contribution in [1.82, 2.24) is 36.6 Å². The van der Waals surface area contributed by atoms with Gasteiger partial charge in [-0.15, -0.1) is 10.2 Å². The summed E-state index contributed by atoms with van der Waals surface area (Å²) >= 11 is 0. The van der Waals surface area contributed by atoms with Crippen LogP contribution in [0.25, 0.3) is 22.5 Å². The normalized spacial score (nSPS) is 19.4. The number of piperidine rings is 1. The van der Waals surface area contributed by atoms with Crippen molar-refractivity contribution in [2.45, 2.75) is 70.2 Å². The number of aromatic nitrogens is 4. The van der Waals surface area contributed by atoms with Gasteiger partial charge >= 0.3 is 0 Å². The lowest BCUT2D eigenvalue weighted by atomic mass is 9.81. The third-order valence-electron chi connectivity index (χ3n) is 10.1. The van der Waals surface area contributed by atoms with Crippen LogP contribution in [0.1, 0.15) is 60.0 Å². The molecule has 264 valence electrons. The summed E-state index contributed by atoms with van der Waals surface area (Å²) in [4.78, 5) is 26.8. The highest BCUT2D eigenvalue weighted by Gasteiger charge is 2.30. The molecule has 0 spiro atoms. The molecule has 1 aromatic heterocycles. The van der Waals surface area contributed by atoms with Gasteiger partial charge in [-0.3, -0.25) is 14.9 Å². The number of rotatable bonds is 12. The van der Waals surface area contributed by atoms with Gasteiger partial charge in [0.1, 0.15) is 12.0 Å². The van der Waals surface area contributed by atoms with Crippen molar-refractivity contribution in [1.29, 1.82) is 0 Å². The molecule has 13 heteroatoms.